The Morgan fingerprint density at radius 1 is 1.15 bits per heavy atom. The summed E-state index contributed by atoms with van der Waals surface area (Å²) in [4.78, 5) is 17.6. The summed E-state index contributed by atoms with van der Waals surface area (Å²) in [6.07, 6.45) is -1.56. The van der Waals surface area contributed by atoms with Crippen molar-refractivity contribution in [2.45, 2.75) is 31.3 Å². The minimum absolute atomic E-state index is 0.0168. The Labute approximate surface area is 194 Å². The second-order valence-electron chi connectivity index (χ2n) is 8.88. The highest BCUT2D eigenvalue weighted by molar-refractivity contribution is 5.98. The van der Waals surface area contributed by atoms with Crippen LogP contribution in [0, 0.1) is 0 Å². The number of aromatic amines is 1. The molecule has 2 aliphatic rings. The number of carbonyl (C=O) groups is 1. The van der Waals surface area contributed by atoms with Crippen LogP contribution in [-0.2, 0) is 11.3 Å². The van der Waals surface area contributed by atoms with Crippen LogP contribution in [0.2, 0.25) is 0 Å². The monoisotopic (exact) mass is 474 g/mol. The summed E-state index contributed by atoms with van der Waals surface area (Å²) in [6.45, 7) is 3.43. The van der Waals surface area contributed by atoms with Crippen molar-refractivity contribution < 1.29 is 27.4 Å². The van der Waals surface area contributed by atoms with Crippen LogP contribution in [0.1, 0.15) is 28.8 Å². The van der Waals surface area contributed by atoms with Gasteiger partial charge in [-0.25, -0.2) is 0 Å². The van der Waals surface area contributed by atoms with E-state index in [1.165, 1.54) is 12.1 Å². The van der Waals surface area contributed by atoms with E-state index in [4.69, 9.17) is 4.74 Å². The van der Waals surface area contributed by atoms with Crippen molar-refractivity contribution in [1.82, 2.24) is 20.0 Å². The largest absolute Gasteiger partial charge is 0.573 e. The lowest BCUT2D eigenvalue weighted by atomic mass is 9.84. The van der Waals surface area contributed by atoms with E-state index in [1.807, 2.05) is 23.1 Å². The molecule has 2 aromatic carbocycles. The summed E-state index contributed by atoms with van der Waals surface area (Å²) >= 11 is 0. The minimum Gasteiger partial charge on any atom is -0.406 e. The van der Waals surface area contributed by atoms with Crippen molar-refractivity contribution in [1.29, 1.82) is 0 Å². The highest BCUT2D eigenvalue weighted by atomic mass is 19.4. The maximum absolute atomic E-state index is 13.5. The zero-order valence-corrected chi connectivity index (χ0v) is 18.5. The van der Waals surface area contributed by atoms with E-state index < -0.39 is 11.9 Å². The lowest BCUT2D eigenvalue weighted by Crippen LogP contribution is -2.63. The number of carbonyl (C=O) groups excluding carboxylic acids is 1. The van der Waals surface area contributed by atoms with Crippen molar-refractivity contribution in [2.75, 3.05) is 32.8 Å². The standard InChI is InChI=1S/C24H25F3N4O3/c25-24(26,27)34-20-3-1-2-17(12-20)15-30-8-6-23(7-9-30)16-33-11-10-31(23)22(32)18-4-5-21-19(13-18)14-28-29-21/h1-5,12-14H,6-11,15-16H2,(H,28,29). The van der Waals surface area contributed by atoms with Crippen molar-refractivity contribution in [3.8, 4) is 5.75 Å². The van der Waals surface area contributed by atoms with E-state index in [9.17, 15) is 18.0 Å². The molecule has 0 bridgehead atoms. The highest BCUT2D eigenvalue weighted by Gasteiger charge is 2.44. The Kier molecular flexibility index (Phi) is 5.95. The maximum Gasteiger partial charge on any atom is 0.573 e. The van der Waals surface area contributed by atoms with Gasteiger partial charge in [-0.1, -0.05) is 12.1 Å². The number of rotatable bonds is 4. The van der Waals surface area contributed by atoms with Gasteiger partial charge in [-0.3, -0.25) is 14.8 Å². The average Bonchev–Trinajstić information content (AvgIpc) is 3.28. The summed E-state index contributed by atoms with van der Waals surface area (Å²) < 4.78 is 47.5. The van der Waals surface area contributed by atoms with E-state index in [0.717, 1.165) is 29.3 Å². The van der Waals surface area contributed by atoms with Gasteiger partial charge in [0.15, 0.2) is 0 Å². The number of piperidine rings is 1. The van der Waals surface area contributed by atoms with Gasteiger partial charge < -0.3 is 14.4 Å². The first-order chi connectivity index (χ1) is 16.3. The predicted molar refractivity (Wildman–Crippen MR) is 118 cm³/mol. The molecule has 0 aliphatic carbocycles. The SMILES string of the molecule is O=C(c1ccc2[nH]ncc2c1)N1CCOCC12CCN(Cc1cccc(OC(F)(F)F)c1)CC2. The number of hydrogen-bond donors (Lipinski definition) is 1. The van der Waals surface area contributed by atoms with Crippen LogP contribution in [0.3, 0.4) is 0 Å². The van der Waals surface area contributed by atoms with E-state index in [0.29, 0.717) is 45.0 Å². The number of ether oxygens (including phenoxy) is 2. The number of alkyl halides is 3. The lowest BCUT2D eigenvalue weighted by Gasteiger charge is -2.51. The third-order valence-electron chi connectivity index (χ3n) is 6.66. The van der Waals surface area contributed by atoms with Gasteiger partial charge in [0.2, 0.25) is 0 Å². The summed E-state index contributed by atoms with van der Waals surface area (Å²) in [6, 6.07) is 11.6. The number of amides is 1. The number of H-pyrrole nitrogens is 1. The fourth-order valence-electron chi connectivity index (χ4n) is 4.92. The molecule has 0 saturated carbocycles. The van der Waals surface area contributed by atoms with Crippen molar-refractivity contribution >= 4 is 16.8 Å². The Morgan fingerprint density at radius 2 is 1.97 bits per heavy atom. The first kappa shape index (κ1) is 22.7. The number of nitrogens with one attached hydrogen (secondary N) is 1. The Balaban J connectivity index is 1.27. The number of fused-ring (bicyclic) bond motifs is 1. The van der Waals surface area contributed by atoms with Gasteiger partial charge in [-0.15, -0.1) is 13.2 Å². The minimum atomic E-state index is -4.71. The number of likely N-dealkylation sites (tertiary alicyclic amines) is 1. The van der Waals surface area contributed by atoms with E-state index >= 15 is 0 Å². The smallest absolute Gasteiger partial charge is 0.406 e. The van der Waals surface area contributed by atoms with E-state index in [2.05, 4.69) is 19.8 Å². The molecule has 5 rings (SSSR count). The summed E-state index contributed by atoms with van der Waals surface area (Å²) in [5.74, 6) is -0.234. The predicted octanol–water partition coefficient (Wildman–Crippen LogP) is 3.97. The van der Waals surface area contributed by atoms with Crippen LogP contribution < -0.4 is 4.74 Å². The topological polar surface area (TPSA) is 70.7 Å². The first-order valence-corrected chi connectivity index (χ1v) is 11.2. The van der Waals surface area contributed by atoms with Gasteiger partial charge >= 0.3 is 6.36 Å². The molecule has 2 saturated heterocycles. The Bertz CT molecular complexity index is 1170. The number of morpholine rings is 1. The summed E-state index contributed by atoms with van der Waals surface area (Å²) in [7, 11) is 0. The molecule has 3 heterocycles. The fraction of sp³-hybridized carbons (Fsp3) is 0.417. The molecule has 34 heavy (non-hydrogen) atoms. The van der Waals surface area contributed by atoms with Crippen LogP contribution >= 0.6 is 0 Å². The fourth-order valence-corrected chi connectivity index (χ4v) is 4.92. The highest BCUT2D eigenvalue weighted by Crippen LogP contribution is 2.34. The molecule has 180 valence electrons. The van der Waals surface area contributed by atoms with Gasteiger partial charge in [0.05, 0.1) is 30.5 Å². The quantitative estimate of drug-likeness (QED) is 0.620. The zero-order chi connectivity index (χ0) is 23.8. The van der Waals surface area contributed by atoms with E-state index in [1.54, 1.807) is 18.3 Å². The first-order valence-electron chi connectivity index (χ1n) is 11.2. The van der Waals surface area contributed by atoms with Crippen LogP contribution in [0.5, 0.6) is 5.75 Å². The molecular weight excluding hydrogens is 449 g/mol. The Morgan fingerprint density at radius 3 is 2.76 bits per heavy atom. The number of aromatic nitrogens is 2. The molecule has 1 amide bonds. The zero-order valence-electron chi connectivity index (χ0n) is 18.5. The van der Waals surface area contributed by atoms with Gasteiger partial charge in [-0.2, -0.15) is 5.10 Å². The lowest BCUT2D eigenvalue weighted by molar-refractivity contribution is -0.274. The Hall–Kier alpha value is -3.11. The third-order valence-corrected chi connectivity index (χ3v) is 6.66. The number of nitrogens with zero attached hydrogens (tertiary/aromatic N) is 3. The van der Waals surface area contributed by atoms with Gasteiger partial charge in [0, 0.05) is 37.1 Å². The molecule has 10 heteroatoms. The molecule has 0 unspecified atom stereocenters. The summed E-state index contributed by atoms with van der Waals surface area (Å²) in [5, 5.41) is 7.81. The molecule has 0 radical (unpaired) electrons. The molecule has 7 nitrogen and oxygen atoms in total. The molecule has 1 aromatic heterocycles. The molecule has 2 fully saturated rings. The number of benzene rings is 2. The molecule has 3 aromatic rings. The van der Waals surface area contributed by atoms with Gasteiger partial charge in [0.25, 0.3) is 5.91 Å². The number of hydrogen-bond acceptors (Lipinski definition) is 5. The van der Waals surface area contributed by atoms with Crippen LogP contribution in [0.4, 0.5) is 13.2 Å². The summed E-state index contributed by atoms with van der Waals surface area (Å²) in [5.41, 5.74) is 1.86. The second kappa shape index (κ2) is 8.92. The number of halogens is 3. The molecule has 2 aliphatic heterocycles. The molecule has 1 N–H and O–H groups in total. The van der Waals surface area contributed by atoms with Crippen LogP contribution in [-0.4, -0.2) is 70.7 Å². The van der Waals surface area contributed by atoms with Crippen molar-refractivity contribution in [2.24, 2.45) is 0 Å². The van der Waals surface area contributed by atoms with Crippen LogP contribution in [0.25, 0.3) is 10.9 Å². The van der Waals surface area contributed by atoms with Gasteiger partial charge in [0.1, 0.15) is 5.75 Å². The molecule has 0 atom stereocenters. The second-order valence-corrected chi connectivity index (χ2v) is 8.88. The normalized spacial score (nSPS) is 19.0. The van der Waals surface area contributed by atoms with E-state index in [-0.39, 0.29) is 11.7 Å². The average molecular weight is 474 g/mol. The molecule has 1 spiro atoms. The molecular formula is C24H25F3N4O3. The van der Waals surface area contributed by atoms with Gasteiger partial charge in [-0.05, 0) is 48.7 Å². The third kappa shape index (κ3) is 4.74. The van der Waals surface area contributed by atoms with Crippen molar-refractivity contribution in [3.63, 3.8) is 0 Å². The van der Waals surface area contributed by atoms with Crippen molar-refractivity contribution in [3.05, 3.63) is 59.8 Å². The maximum atomic E-state index is 13.5. The van der Waals surface area contributed by atoms with Crippen LogP contribution in [0.15, 0.2) is 48.7 Å².